The molecule has 5 aromatic carbocycles. The van der Waals surface area contributed by atoms with E-state index in [4.69, 9.17) is 11.6 Å². The van der Waals surface area contributed by atoms with Gasteiger partial charge in [0.2, 0.25) is 0 Å². The van der Waals surface area contributed by atoms with Crippen molar-refractivity contribution < 1.29 is 63.5 Å². The van der Waals surface area contributed by atoms with Crippen LogP contribution in [0.4, 0.5) is 28.4 Å². The van der Waals surface area contributed by atoms with Crippen molar-refractivity contribution in [1.82, 2.24) is 9.78 Å². The smallest absolute Gasteiger partial charge is 0.871 e. The molecule has 6 aromatic rings. The van der Waals surface area contributed by atoms with Crippen molar-refractivity contribution in [2.75, 3.05) is 0 Å². The van der Waals surface area contributed by atoms with Crippen molar-refractivity contribution in [1.29, 1.82) is 0 Å². The molecule has 1 aromatic heterocycles. The summed E-state index contributed by atoms with van der Waals surface area (Å²) in [6.45, 7) is 1.64. The second kappa shape index (κ2) is 16.6. The van der Waals surface area contributed by atoms with Crippen LogP contribution in [-0.4, -0.2) is 40.6 Å². The molecule has 1 heterocycles. The van der Waals surface area contributed by atoms with Gasteiger partial charge in [-0.2, -0.15) is 32.2 Å². The van der Waals surface area contributed by atoms with Gasteiger partial charge in [0.25, 0.3) is 31.5 Å². The van der Waals surface area contributed by atoms with Crippen molar-refractivity contribution in [3.05, 3.63) is 122 Å². The van der Waals surface area contributed by atoms with Gasteiger partial charge in [-0.3, -0.25) is 29.1 Å². The van der Waals surface area contributed by atoms with Gasteiger partial charge in [0.15, 0.2) is 5.69 Å². The summed E-state index contributed by atoms with van der Waals surface area (Å²) >= 11 is 5.77. The molecular weight excluding hydrogens is 826 g/mol. The van der Waals surface area contributed by atoms with Crippen LogP contribution in [0.3, 0.4) is 0 Å². The number of halogens is 1. The number of hydrogen-bond donors (Lipinski definition) is 3. The summed E-state index contributed by atoms with van der Waals surface area (Å²) < 4.78 is 66.5. The van der Waals surface area contributed by atoms with Crippen molar-refractivity contribution in [3.63, 3.8) is 0 Å². The van der Waals surface area contributed by atoms with Crippen LogP contribution in [0.15, 0.2) is 126 Å². The van der Waals surface area contributed by atoms with E-state index in [9.17, 15) is 56.2 Å². The second-order valence-corrected chi connectivity index (χ2v) is 14.1. The van der Waals surface area contributed by atoms with Crippen molar-refractivity contribution in [3.8, 4) is 22.9 Å². The first kappa shape index (κ1) is 41.8. The molecule has 0 aliphatic carbocycles. The Balaban J connectivity index is 0.000000243. The third-order valence-electron chi connectivity index (χ3n) is 7.21. The zero-order valence-electron chi connectivity index (χ0n) is 27.4. The number of azo groups is 2. The number of rotatable bonds is 8. The van der Waals surface area contributed by atoms with E-state index in [2.05, 4.69) is 25.6 Å². The average Bonchev–Trinajstić information content (AvgIpc) is 3.40. The fourth-order valence-corrected chi connectivity index (χ4v) is 6.24. The quantitative estimate of drug-likeness (QED) is 0.0749. The monoisotopic (exact) mass is 846 g/mol. The first-order chi connectivity index (χ1) is 25.3. The van der Waals surface area contributed by atoms with E-state index in [0.29, 0.717) is 17.4 Å². The van der Waals surface area contributed by atoms with Gasteiger partial charge in [-0.05, 0) is 48.7 Å². The molecule has 0 unspecified atom stereocenters. The van der Waals surface area contributed by atoms with Crippen LogP contribution in [0.5, 0.6) is 17.2 Å². The van der Waals surface area contributed by atoms with Crippen LogP contribution in [0, 0.1) is 17.0 Å². The molecule has 0 atom stereocenters. The van der Waals surface area contributed by atoms with Crippen LogP contribution in [0.1, 0.15) is 5.69 Å². The maximum atomic E-state index is 12.5. The van der Waals surface area contributed by atoms with E-state index in [0.717, 1.165) is 42.5 Å². The Kier molecular flexibility index (Phi) is 12.6. The summed E-state index contributed by atoms with van der Waals surface area (Å²) in [5, 5.41) is 63.9. The molecule has 19 nitrogen and oxygen atoms in total. The van der Waals surface area contributed by atoms with Crippen molar-refractivity contribution in [2.24, 2.45) is 20.5 Å². The number of H-pyrrole nitrogens is 1. The Bertz CT molecular complexity index is 2800. The third kappa shape index (κ3) is 9.58. The normalized spacial score (nSPS) is 11.7. The minimum atomic E-state index is -5.05. The molecule has 0 aliphatic heterocycles. The molecule has 0 saturated carbocycles. The van der Waals surface area contributed by atoms with Crippen LogP contribution in [0.25, 0.3) is 16.5 Å². The molecule has 0 spiro atoms. The van der Waals surface area contributed by atoms with Gasteiger partial charge in [-0.15, -0.1) is 5.11 Å². The number of aromatic nitrogens is 2. The largest absolute Gasteiger partial charge is 3.00 e. The Morgan fingerprint density at radius 2 is 1.33 bits per heavy atom. The molecule has 23 heteroatoms. The van der Waals surface area contributed by atoms with Crippen LogP contribution in [-0.2, 0) is 37.6 Å². The van der Waals surface area contributed by atoms with E-state index >= 15 is 0 Å². The SMILES string of the molecule is Cc1[nH]n(-c2ccccc2)c(=O)c1N=Nc1cc([N+](=O)[O-])ccc1[O-].O=S(=O)(O)c1cc(S(=O)(=O)O)c2c(N=Nc3cc(Cl)ccc3[O-])c([O-])ccc2c1.[Cr+3]. The summed E-state index contributed by atoms with van der Waals surface area (Å²) in [4.78, 5) is 20.8. The van der Waals surface area contributed by atoms with Gasteiger partial charge in [0, 0.05) is 22.5 Å². The molecule has 1 radical (unpaired) electrons. The average molecular weight is 847 g/mol. The third-order valence-corrected chi connectivity index (χ3v) is 9.16. The molecular formula is C32H21ClCrN7O12S2. The predicted octanol–water partition coefficient (Wildman–Crippen LogP) is 5.42. The van der Waals surface area contributed by atoms with Crippen LogP contribution < -0.4 is 20.9 Å². The van der Waals surface area contributed by atoms with Gasteiger partial charge in [0.1, 0.15) is 4.90 Å². The standard InChI is InChI=1S/C16H11ClN2O8S2.C16H13N5O4.Cr/c17-9-2-4-12(20)11(6-9)18-19-16-13(21)3-1-8-5-10(28(22,23)24)7-14(15(8)16)29(25,26)27;1-10-15(16(23)20(19-10)11-5-3-2-4-6-11)18-17-13-9-12(21(24)25)7-8-14(13)22;/h1-7,20-21H,(H,22,23,24)(H,25,26,27);2-9,19,22H,1H3;/q;;+3/p-3. The predicted molar refractivity (Wildman–Crippen MR) is 186 cm³/mol. The molecule has 6 rings (SSSR count). The van der Waals surface area contributed by atoms with Gasteiger partial charge in [-0.25, -0.2) is 4.68 Å². The summed E-state index contributed by atoms with van der Waals surface area (Å²) in [5.41, 5.74) is -0.637. The number of nitrogens with one attached hydrogen (secondary N) is 1. The van der Waals surface area contributed by atoms with E-state index in [1.165, 1.54) is 16.8 Å². The number of nitro benzene ring substituents is 1. The number of non-ortho nitro benzene ring substituents is 1. The second-order valence-electron chi connectivity index (χ2n) is 10.9. The van der Waals surface area contributed by atoms with Crippen molar-refractivity contribution >= 4 is 71.0 Å². The van der Waals surface area contributed by atoms with E-state index < -0.39 is 68.8 Å². The maximum absolute atomic E-state index is 12.5. The number of aryl methyl sites for hydroxylation is 1. The van der Waals surface area contributed by atoms with Crippen LogP contribution in [0.2, 0.25) is 5.02 Å². The number of benzene rings is 5. The number of nitrogens with zero attached hydrogens (tertiary/aromatic N) is 6. The fourth-order valence-electron chi connectivity index (χ4n) is 4.70. The molecule has 55 heavy (non-hydrogen) atoms. The van der Waals surface area contributed by atoms with E-state index in [1.54, 1.807) is 31.2 Å². The minimum Gasteiger partial charge on any atom is -0.871 e. The number of para-hydroxylation sites is 1. The zero-order chi connectivity index (χ0) is 39.5. The Morgan fingerprint density at radius 1 is 0.745 bits per heavy atom. The van der Waals surface area contributed by atoms with Gasteiger partial charge in [0.05, 0.1) is 38.3 Å². The molecule has 3 N–H and O–H groups in total. The van der Waals surface area contributed by atoms with Gasteiger partial charge >= 0.3 is 17.4 Å². The number of fused-ring (bicyclic) bond motifs is 1. The summed E-state index contributed by atoms with van der Waals surface area (Å²) in [6.07, 6.45) is 0. The maximum Gasteiger partial charge on any atom is 3.00 e. The van der Waals surface area contributed by atoms with Gasteiger partial charge < -0.3 is 15.3 Å². The summed E-state index contributed by atoms with van der Waals surface area (Å²) in [7, 11) is -9.88. The van der Waals surface area contributed by atoms with E-state index in [1.807, 2.05) is 6.07 Å². The molecule has 0 bridgehead atoms. The molecule has 0 amide bonds. The number of hydrogen-bond acceptors (Lipinski definition) is 14. The molecule has 0 saturated heterocycles. The fraction of sp³-hybridized carbons (Fsp3) is 0.0312. The molecule has 281 valence electrons. The molecule has 0 aliphatic rings. The van der Waals surface area contributed by atoms with Crippen LogP contribution >= 0.6 is 11.6 Å². The minimum absolute atomic E-state index is 0. The molecule has 0 fully saturated rings. The zero-order valence-corrected chi connectivity index (χ0v) is 31.1. The Morgan fingerprint density at radius 3 is 1.93 bits per heavy atom. The first-order valence-electron chi connectivity index (χ1n) is 14.7. The number of nitro groups is 1. The summed E-state index contributed by atoms with van der Waals surface area (Å²) in [5.74, 6) is -1.92. The first-order valence-corrected chi connectivity index (χ1v) is 18.0. The topological polar surface area (TPSA) is 308 Å². The number of aromatic amines is 1. The van der Waals surface area contributed by atoms with Crippen molar-refractivity contribution in [2.45, 2.75) is 16.7 Å². The van der Waals surface area contributed by atoms with Gasteiger partial charge in [-0.1, -0.05) is 71.3 Å². The Labute approximate surface area is 325 Å². The Hall–Kier alpha value is -5.99. The summed E-state index contributed by atoms with van der Waals surface area (Å²) in [6, 6.07) is 19.0. The van der Waals surface area contributed by atoms with E-state index in [-0.39, 0.29) is 50.5 Å².